The minimum Gasteiger partial charge on any atom is -0.461 e. The molecule has 96 valence electrons. The molecule has 0 saturated carbocycles. The molecular formula is C16H20O2. The van der Waals surface area contributed by atoms with E-state index in [4.69, 9.17) is 4.42 Å². The molecule has 0 fully saturated rings. The van der Waals surface area contributed by atoms with Crippen molar-refractivity contribution in [2.45, 2.75) is 39.2 Å². The van der Waals surface area contributed by atoms with Gasteiger partial charge in [0.05, 0.1) is 6.10 Å². The second kappa shape index (κ2) is 5.40. The maximum atomic E-state index is 9.34. The van der Waals surface area contributed by atoms with Gasteiger partial charge in [-0.1, -0.05) is 32.0 Å². The number of benzene rings is 1. The lowest BCUT2D eigenvalue weighted by molar-refractivity contribution is 0.187. The monoisotopic (exact) mass is 244 g/mol. The fourth-order valence-corrected chi connectivity index (χ4v) is 1.98. The van der Waals surface area contributed by atoms with Gasteiger partial charge in [-0.3, -0.25) is 0 Å². The lowest BCUT2D eigenvalue weighted by atomic mass is 10.0. The van der Waals surface area contributed by atoms with Crippen LogP contribution in [0.15, 0.2) is 40.8 Å². The Bertz CT molecular complexity index is 509. The first-order chi connectivity index (χ1) is 8.56. The van der Waals surface area contributed by atoms with E-state index in [0.717, 1.165) is 17.1 Å². The molecule has 2 nitrogen and oxygen atoms in total. The lowest BCUT2D eigenvalue weighted by Gasteiger charge is -2.06. The van der Waals surface area contributed by atoms with E-state index in [1.807, 2.05) is 12.1 Å². The lowest BCUT2D eigenvalue weighted by Crippen LogP contribution is -2.02. The Morgan fingerprint density at radius 1 is 1.11 bits per heavy atom. The van der Waals surface area contributed by atoms with Crippen molar-refractivity contribution in [2.75, 3.05) is 0 Å². The summed E-state index contributed by atoms with van der Waals surface area (Å²) in [6.45, 7) is 6.13. The molecule has 0 saturated heterocycles. The highest BCUT2D eigenvalue weighted by Gasteiger charge is 2.08. The molecule has 1 heterocycles. The molecule has 1 aromatic carbocycles. The van der Waals surface area contributed by atoms with Crippen LogP contribution in [0.3, 0.4) is 0 Å². The molecular weight excluding hydrogens is 224 g/mol. The topological polar surface area (TPSA) is 33.4 Å². The molecule has 18 heavy (non-hydrogen) atoms. The van der Waals surface area contributed by atoms with Gasteiger partial charge in [-0.05, 0) is 36.6 Å². The van der Waals surface area contributed by atoms with Gasteiger partial charge < -0.3 is 9.52 Å². The van der Waals surface area contributed by atoms with E-state index in [1.165, 1.54) is 5.56 Å². The highest BCUT2D eigenvalue weighted by molar-refractivity contribution is 5.58. The van der Waals surface area contributed by atoms with Gasteiger partial charge in [0.2, 0.25) is 0 Å². The first-order valence-corrected chi connectivity index (χ1v) is 6.43. The second-order valence-electron chi connectivity index (χ2n) is 5.10. The van der Waals surface area contributed by atoms with Crippen molar-refractivity contribution in [1.29, 1.82) is 0 Å². The first kappa shape index (κ1) is 12.9. The molecule has 0 spiro atoms. The van der Waals surface area contributed by atoms with Crippen LogP contribution in [0.25, 0.3) is 11.3 Å². The smallest absolute Gasteiger partial charge is 0.134 e. The summed E-state index contributed by atoms with van der Waals surface area (Å²) >= 11 is 0. The third kappa shape index (κ3) is 3.02. The molecule has 1 unspecified atom stereocenters. The van der Waals surface area contributed by atoms with Crippen LogP contribution < -0.4 is 0 Å². The molecule has 0 aliphatic carbocycles. The molecule has 2 aromatic rings. The highest BCUT2D eigenvalue weighted by Crippen LogP contribution is 2.26. The van der Waals surface area contributed by atoms with Crippen molar-refractivity contribution < 1.29 is 9.52 Å². The summed E-state index contributed by atoms with van der Waals surface area (Å²) in [4.78, 5) is 0. The van der Waals surface area contributed by atoms with Crippen LogP contribution in [0.4, 0.5) is 0 Å². The number of rotatable bonds is 4. The quantitative estimate of drug-likeness (QED) is 0.882. The summed E-state index contributed by atoms with van der Waals surface area (Å²) in [7, 11) is 0. The Hall–Kier alpha value is -1.54. The van der Waals surface area contributed by atoms with Crippen LogP contribution in [0, 0.1) is 0 Å². The van der Waals surface area contributed by atoms with Crippen LogP contribution >= 0.6 is 0 Å². The zero-order valence-corrected chi connectivity index (χ0v) is 11.2. The van der Waals surface area contributed by atoms with Gasteiger partial charge in [-0.25, -0.2) is 0 Å². The Kier molecular flexibility index (Phi) is 3.87. The normalized spacial score (nSPS) is 12.9. The summed E-state index contributed by atoms with van der Waals surface area (Å²) in [6.07, 6.45) is 0.190. The third-order valence-electron chi connectivity index (χ3n) is 3.00. The summed E-state index contributed by atoms with van der Waals surface area (Å²) in [5.74, 6) is 2.21. The minimum atomic E-state index is -0.369. The van der Waals surface area contributed by atoms with Gasteiger partial charge in [0.1, 0.15) is 11.5 Å². The number of furan rings is 1. The number of hydrogen-bond donors (Lipinski definition) is 1. The number of hydrogen-bond acceptors (Lipinski definition) is 2. The molecule has 0 aliphatic rings. The maximum absolute atomic E-state index is 9.34. The standard InChI is InChI=1S/C16H20O2/c1-11(2)13-5-4-6-14(10-13)16-8-7-15(18-16)9-12(3)17/h4-8,10-12,17H,9H2,1-3H3. The van der Waals surface area contributed by atoms with Crippen LogP contribution in [0.2, 0.25) is 0 Å². The van der Waals surface area contributed by atoms with Crippen LogP contribution in [-0.2, 0) is 6.42 Å². The fraction of sp³-hybridized carbons (Fsp3) is 0.375. The second-order valence-corrected chi connectivity index (χ2v) is 5.10. The molecule has 1 atom stereocenters. The van der Waals surface area contributed by atoms with Gasteiger partial charge in [-0.2, -0.15) is 0 Å². The minimum absolute atomic E-state index is 0.369. The van der Waals surface area contributed by atoms with Crippen molar-refractivity contribution >= 4 is 0 Å². The van der Waals surface area contributed by atoms with Gasteiger partial charge in [0.15, 0.2) is 0 Å². The van der Waals surface area contributed by atoms with E-state index >= 15 is 0 Å². The van der Waals surface area contributed by atoms with Crippen LogP contribution in [0.1, 0.15) is 38.0 Å². The van der Waals surface area contributed by atoms with Crippen molar-refractivity contribution in [3.8, 4) is 11.3 Å². The van der Waals surface area contributed by atoms with Crippen molar-refractivity contribution in [3.63, 3.8) is 0 Å². The van der Waals surface area contributed by atoms with Gasteiger partial charge >= 0.3 is 0 Å². The van der Waals surface area contributed by atoms with Crippen LogP contribution in [-0.4, -0.2) is 11.2 Å². The zero-order valence-electron chi connectivity index (χ0n) is 11.2. The van der Waals surface area contributed by atoms with E-state index in [-0.39, 0.29) is 6.10 Å². The Balaban J connectivity index is 2.25. The molecule has 1 N–H and O–H groups in total. The summed E-state index contributed by atoms with van der Waals surface area (Å²) < 4.78 is 5.76. The van der Waals surface area contributed by atoms with E-state index in [9.17, 15) is 5.11 Å². The average Bonchev–Trinajstić information content (AvgIpc) is 2.77. The SMILES string of the molecule is CC(O)Cc1ccc(-c2cccc(C(C)C)c2)o1. The Morgan fingerprint density at radius 3 is 2.56 bits per heavy atom. The largest absolute Gasteiger partial charge is 0.461 e. The third-order valence-corrected chi connectivity index (χ3v) is 3.00. The zero-order chi connectivity index (χ0) is 13.1. The van der Waals surface area contributed by atoms with Gasteiger partial charge in [0, 0.05) is 12.0 Å². The first-order valence-electron chi connectivity index (χ1n) is 6.43. The summed E-state index contributed by atoms with van der Waals surface area (Å²) in [5.41, 5.74) is 2.40. The Labute approximate surface area is 108 Å². The van der Waals surface area contributed by atoms with Crippen molar-refractivity contribution in [3.05, 3.63) is 47.7 Å². The van der Waals surface area contributed by atoms with E-state index in [0.29, 0.717) is 12.3 Å². The van der Waals surface area contributed by atoms with Gasteiger partial charge in [0.25, 0.3) is 0 Å². The molecule has 1 aromatic heterocycles. The molecule has 2 heteroatoms. The van der Waals surface area contributed by atoms with E-state index in [2.05, 4.69) is 38.1 Å². The molecule has 0 bridgehead atoms. The maximum Gasteiger partial charge on any atom is 0.134 e. The predicted octanol–water partition coefficient (Wildman–Crippen LogP) is 3.99. The molecule has 0 aliphatic heterocycles. The van der Waals surface area contributed by atoms with Crippen molar-refractivity contribution in [2.24, 2.45) is 0 Å². The highest BCUT2D eigenvalue weighted by atomic mass is 16.3. The van der Waals surface area contributed by atoms with E-state index in [1.54, 1.807) is 6.92 Å². The Morgan fingerprint density at radius 2 is 1.89 bits per heavy atom. The average molecular weight is 244 g/mol. The number of aliphatic hydroxyl groups excluding tert-OH is 1. The summed E-state index contributed by atoms with van der Waals surface area (Å²) in [6, 6.07) is 12.3. The number of aliphatic hydroxyl groups is 1. The predicted molar refractivity (Wildman–Crippen MR) is 73.6 cm³/mol. The van der Waals surface area contributed by atoms with Crippen LogP contribution in [0.5, 0.6) is 0 Å². The summed E-state index contributed by atoms with van der Waals surface area (Å²) in [5, 5.41) is 9.34. The van der Waals surface area contributed by atoms with E-state index < -0.39 is 0 Å². The molecule has 2 rings (SSSR count). The van der Waals surface area contributed by atoms with Crippen molar-refractivity contribution in [1.82, 2.24) is 0 Å². The van der Waals surface area contributed by atoms with Gasteiger partial charge in [-0.15, -0.1) is 0 Å². The molecule has 0 radical (unpaired) electrons. The molecule has 0 amide bonds. The fourth-order valence-electron chi connectivity index (χ4n) is 1.98.